The third-order valence-corrected chi connectivity index (χ3v) is 2.70. The topological polar surface area (TPSA) is 32.5 Å². The largest absolute Gasteiger partial charge is 0.329 e. The molecule has 0 radical (unpaired) electrons. The zero-order valence-corrected chi connectivity index (χ0v) is 8.29. The van der Waals surface area contributed by atoms with Crippen LogP contribution in [0.1, 0.15) is 12.8 Å². The van der Waals surface area contributed by atoms with E-state index in [0.29, 0.717) is 0 Å². The fourth-order valence-electron chi connectivity index (χ4n) is 1.89. The molecule has 3 heteroatoms. The van der Waals surface area contributed by atoms with E-state index in [2.05, 4.69) is 23.9 Å². The van der Waals surface area contributed by atoms with E-state index in [4.69, 9.17) is 5.73 Å². The van der Waals surface area contributed by atoms with E-state index in [0.717, 1.165) is 19.1 Å². The van der Waals surface area contributed by atoms with Crippen molar-refractivity contribution < 1.29 is 0 Å². The Morgan fingerprint density at radius 1 is 1.58 bits per heavy atom. The first-order valence-electron chi connectivity index (χ1n) is 4.83. The highest BCUT2D eigenvalue weighted by molar-refractivity contribution is 4.77. The second-order valence-corrected chi connectivity index (χ2v) is 3.83. The SMILES string of the molecule is CN1CCC[C@@H](N(C)CCN)C1. The van der Waals surface area contributed by atoms with Crippen LogP contribution in [-0.4, -0.2) is 56.1 Å². The standard InChI is InChI=1S/C9H21N3/c1-11-6-3-4-9(8-11)12(2)7-5-10/h9H,3-8,10H2,1-2H3/t9-/m1/s1. The summed E-state index contributed by atoms with van der Waals surface area (Å²) in [6.07, 6.45) is 2.66. The van der Waals surface area contributed by atoms with Crippen molar-refractivity contribution in [3.05, 3.63) is 0 Å². The molecule has 2 N–H and O–H groups in total. The van der Waals surface area contributed by atoms with Crippen LogP contribution >= 0.6 is 0 Å². The van der Waals surface area contributed by atoms with Gasteiger partial charge in [-0.1, -0.05) is 0 Å². The molecule has 1 fully saturated rings. The zero-order chi connectivity index (χ0) is 8.97. The minimum Gasteiger partial charge on any atom is -0.329 e. The lowest BCUT2D eigenvalue weighted by Gasteiger charge is -2.35. The van der Waals surface area contributed by atoms with Gasteiger partial charge in [-0.25, -0.2) is 0 Å². The van der Waals surface area contributed by atoms with Crippen LogP contribution in [0.3, 0.4) is 0 Å². The van der Waals surface area contributed by atoms with E-state index in [1.807, 2.05) is 0 Å². The third-order valence-electron chi connectivity index (χ3n) is 2.70. The molecule has 1 aliphatic rings. The Balaban J connectivity index is 2.29. The summed E-state index contributed by atoms with van der Waals surface area (Å²) in [6, 6.07) is 0.729. The molecular weight excluding hydrogens is 150 g/mol. The highest BCUT2D eigenvalue weighted by atomic mass is 15.2. The second kappa shape index (κ2) is 4.80. The van der Waals surface area contributed by atoms with Gasteiger partial charge in [0.2, 0.25) is 0 Å². The molecule has 0 unspecified atom stereocenters. The van der Waals surface area contributed by atoms with Crippen LogP contribution in [0.5, 0.6) is 0 Å². The first kappa shape index (κ1) is 9.96. The van der Waals surface area contributed by atoms with Gasteiger partial charge in [0.1, 0.15) is 0 Å². The Hall–Kier alpha value is -0.120. The molecule has 3 nitrogen and oxygen atoms in total. The van der Waals surface area contributed by atoms with Gasteiger partial charge in [0.05, 0.1) is 0 Å². The van der Waals surface area contributed by atoms with Crippen LogP contribution in [0.4, 0.5) is 0 Å². The molecule has 0 saturated carbocycles. The highest BCUT2D eigenvalue weighted by Crippen LogP contribution is 2.12. The predicted molar refractivity (Wildman–Crippen MR) is 52.2 cm³/mol. The van der Waals surface area contributed by atoms with Crippen molar-refractivity contribution in [2.45, 2.75) is 18.9 Å². The second-order valence-electron chi connectivity index (χ2n) is 3.83. The number of likely N-dealkylation sites (N-methyl/N-ethyl adjacent to an activating group) is 2. The van der Waals surface area contributed by atoms with Gasteiger partial charge in [-0.05, 0) is 33.5 Å². The maximum atomic E-state index is 5.52. The van der Waals surface area contributed by atoms with E-state index >= 15 is 0 Å². The monoisotopic (exact) mass is 171 g/mol. The number of hydrogen-bond acceptors (Lipinski definition) is 3. The molecule has 0 aromatic carbocycles. The van der Waals surface area contributed by atoms with Crippen LogP contribution in [0, 0.1) is 0 Å². The quantitative estimate of drug-likeness (QED) is 0.647. The van der Waals surface area contributed by atoms with E-state index in [-0.39, 0.29) is 0 Å². The van der Waals surface area contributed by atoms with Gasteiger partial charge in [0.25, 0.3) is 0 Å². The Labute approximate surface area is 75.5 Å². The normalized spacial score (nSPS) is 26.5. The van der Waals surface area contributed by atoms with Crippen LogP contribution in [-0.2, 0) is 0 Å². The van der Waals surface area contributed by atoms with Gasteiger partial charge in [-0.15, -0.1) is 0 Å². The summed E-state index contributed by atoms with van der Waals surface area (Å²) < 4.78 is 0. The molecule has 1 saturated heterocycles. The molecule has 0 amide bonds. The maximum absolute atomic E-state index is 5.52. The van der Waals surface area contributed by atoms with Crippen molar-refractivity contribution in [1.82, 2.24) is 9.80 Å². The predicted octanol–water partition coefficient (Wildman–Crippen LogP) is -0.0289. The van der Waals surface area contributed by atoms with Crippen molar-refractivity contribution in [2.75, 3.05) is 40.3 Å². The Kier molecular flexibility index (Phi) is 3.98. The molecule has 0 aliphatic carbocycles. The Morgan fingerprint density at radius 3 is 2.92 bits per heavy atom. The van der Waals surface area contributed by atoms with Crippen molar-refractivity contribution in [2.24, 2.45) is 5.73 Å². The molecule has 1 rings (SSSR count). The van der Waals surface area contributed by atoms with E-state index < -0.39 is 0 Å². The van der Waals surface area contributed by atoms with Crippen LogP contribution < -0.4 is 5.73 Å². The summed E-state index contributed by atoms with van der Waals surface area (Å²) in [5, 5.41) is 0. The molecule has 1 aliphatic heterocycles. The molecule has 72 valence electrons. The van der Waals surface area contributed by atoms with Crippen molar-refractivity contribution >= 4 is 0 Å². The van der Waals surface area contributed by atoms with Gasteiger partial charge >= 0.3 is 0 Å². The molecule has 1 heterocycles. The number of nitrogens with zero attached hydrogens (tertiary/aromatic N) is 2. The lowest BCUT2D eigenvalue weighted by Crippen LogP contribution is -2.46. The van der Waals surface area contributed by atoms with Crippen LogP contribution in [0.25, 0.3) is 0 Å². The fourth-order valence-corrected chi connectivity index (χ4v) is 1.89. The molecule has 0 aromatic rings. The van der Waals surface area contributed by atoms with Gasteiger partial charge < -0.3 is 15.5 Å². The summed E-state index contributed by atoms with van der Waals surface area (Å²) in [6.45, 7) is 4.26. The van der Waals surface area contributed by atoms with Gasteiger partial charge in [-0.3, -0.25) is 0 Å². The Morgan fingerprint density at radius 2 is 2.33 bits per heavy atom. The number of hydrogen-bond donors (Lipinski definition) is 1. The summed E-state index contributed by atoms with van der Waals surface area (Å²) in [5.74, 6) is 0. The summed E-state index contributed by atoms with van der Waals surface area (Å²) in [7, 11) is 4.37. The Bertz CT molecular complexity index is 127. The first-order valence-corrected chi connectivity index (χ1v) is 4.83. The minimum absolute atomic E-state index is 0.729. The molecule has 12 heavy (non-hydrogen) atoms. The lowest BCUT2D eigenvalue weighted by molar-refractivity contribution is 0.137. The van der Waals surface area contributed by atoms with Gasteiger partial charge in [0.15, 0.2) is 0 Å². The maximum Gasteiger partial charge on any atom is 0.0221 e. The summed E-state index contributed by atoms with van der Waals surface area (Å²) >= 11 is 0. The smallest absolute Gasteiger partial charge is 0.0221 e. The van der Waals surface area contributed by atoms with Crippen LogP contribution in [0.15, 0.2) is 0 Å². The number of likely N-dealkylation sites (tertiary alicyclic amines) is 1. The number of rotatable bonds is 3. The van der Waals surface area contributed by atoms with E-state index in [9.17, 15) is 0 Å². The third kappa shape index (κ3) is 2.73. The molecule has 0 aromatic heterocycles. The molecular formula is C9H21N3. The van der Waals surface area contributed by atoms with Crippen molar-refractivity contribution in [3.63, 3.8) is 0 Å². The summed E-state index contributed by atoms with van der Waals surface area (Å²) in [4.78, 5) is 4.79. The minimum atomic E-state index is 0.729. The van der Waals surface area contributed by atoms with Crippen LogP contribution in [0.2, 0.25) is 0 Å². The molecule has 0 bridgehead atoms. The van der Waals surface area contributed by atoms with Gasteiger partial charge in [-0.2, -0.15) is 0 Å². The summed E-state index contributed by atoms with van der Waals surface area (Å²) in [5.41, 5.74) is 5.52. The zero-order valence-electron chi connectivity index (χ0n) is 8.29. The van der Waals surface area contributed by atoms with Crippen molar-refractivity contribution in [1.29, 1.82) is 0 Å². The van der Waals surface area contributed by atoms with E-state index in [1.54, 1.807) is 0 Å². The van der Waals surface area contributed by atoms with E-state index in [1.165, 1.54) is 25.9 Å². The fraction of sp³-hybridized carbons (Fsp3) is 1.00. The lowest BCUT2D eigenvalue weighted by atomic mass is 10.1. The molecule has 0 spiro atoms. The van der Waals surface area contributed by atoms with Gasteiger partial charge in [0, 0.05) is 25.7 Å². The van der Waals surface area contributed by atoms with Crippen molar-refractivity contribution in [3.8, 4) is 0 Å². The average Bonchev–Trinajstić information content (AvgIpc) is 2.05. The number of nitrogens with two attached hydrogens (primary N) is 1. The first-order chi connectivity index (χ1) is 5.74. The number of piperidine rings is 1. The highest BCUT2D eigenvalue weighted by Gasteiger charge is 2.19. The molecule has 1 atom stereocenters. The average molecular weight is 171 g/mol.